The van der Waals surface area contributed by atoms with Crippen molar-refractivity contribution in [2.24, 2.45) is 0 Å². The number of benzene rings is 1. The number of carbonyl (C=O) groups excluding carboxylic acids is 1. The molecule has 0 fully saturated rings. The summed E-state index contributed by atoms with van der Waals surface area (Å²) in [5, 5.41) is 0. The third-order valence-electron chi connectivity index (χ3n) is 4.08. The van der Waals surface area contributed by atoms with Gasteiger partial charge < -0.3 is 9.32 Å². The van der Waals surface area contributed by atoms with Crippen LogP contribution in [-0.2, 0) is 6.42 Å². The lowest BCUT2D eigenvalue weighted by Gasteiger charge is -2.13. The van der Waals surface area contributed by atoms with Crippen molar-refractivity contribution in [1.82, 2.24) is 9.97 Å². The maximum absolute atomic E-state index is 12.6. The van der Waals surface area contributed by atoms with Gasteiger partial charge in [0.1, 0.15) is 5.52 Å². The van der Waals surface area contributed by atoms with Crippen LogP contribution < -0.4 is 4.90 Å². The Kier molecular flexibility index (Phi) is 4.26. The van der Waals surface area contributed by atoms with Gasteiger partial charge in [-0.2, -0.15) is 0 Å². The van der Waals surface area contributed by atoms with Crippen LogP contribution in [0.1, 0.15) is 15.2 Å². The molecule has 0 N–H and O–H groups in total. The molecule has 0 radical (unpaired) electrons. The van der Waals surface area contributed by atoms with Crippen LogP contribution in [0.5, 0.6) is 0 Å². The van der Waals surface area contributed by atoms with Crippen LogP contribution in [-0.4, -0.2) is 29.8 Å². The number of thiophene rings is 1. The molecule has 3 heterocycles. The first-order valence-corrected chi connectivity index (χ1v) is 9.02. The Balaban J connectivity index is 1.54. The predicted octanol–water partition coefficient (Wildman–Crippen LogP) is 4.44. The summed E-state index contributed by atoms with van der Waals surface area (Å²) in [5.74, 6) is 0.662. The van der Waals surface area contributed by atoms with Crippen molar-refractivity contribution in [3.8, 4) is 10.8 Å². The first-order chi connectivity index (χ1) is 12.6. The Morgan fingerprint density at radius 3 is 2.88 bits per heavy atom. The zero-order chi connectivity index (χ0) is 18.1. The van der Waals surface area contributed by atoms with Crippen molar-refractivity contribution >= 4 is 33.9 Å². The minimum Gasteiger partial charge on any atom is -0.435 e. The molecule has 0 amide bonds. The van der Waals surface area contributed by atoms with E-state index in [9.17, 15) is 4.79 Å². The lowest BCUT2D eigenvalue weighted by molar-refractivity contribution is 0.0994. The summed E-state index contributed by atoms with van der Waals surface area (Å²) in [6.07, 6.45) is 3.72. The minimum absolute atomic E-state index is 0.101. The van der Waals surface area contributed by atoms with Gasteiger partial charge in [-0.25, -0.2) is 4.98 Å². The Labute approximate surface area is 154 Å². The molecule has 0 spiro atoms. The van der Waals surface area contributed by atoms with Gasteiger partial charge in [-0.3, -0.25) is 9.78 Å². The summed E-state index contributed by atoms with van der Waals surface area (Å²) < 4.78 is 5.77. The molecule has 0 bridgehead atoms. The fraction of sp³-hybridized carbons (Fsp3) is 0.150. The van der Waals surface area contributed by atoms with E-state index in [4.69, 9.17) is 4.42 Å². The van der Waals surface area contributed by atoms with Gasteiger partial charge >= 0.3 is 0 Å². The number of ketones is 1. The molecule has 130 valence electrons. The van der Waals surface area contributed by atoms with Crippen molar-refractivity contribution in [3.05, 3.63) is 65.3 Å². The van der Waals surface area contributed by atoms with Crippen LogP contribution in [0.4, 0.5) is 5.69 Å². The maximum Gasteiger partial charge on any atom is 0.237 e. The summed E-state index contributed by atoms with van der Waals surface area (Å²) in [4.78, 5) is 25.0. The van der Waals surface area contributed by atoms with E-state index in [0.29, 0.717) is 17.9 Å². The normalized spacial score (nSPS) is 11.0. The van der Waals surface area contributed by atoms with E-state index in [1.807, 2.05) is 55.4 Å². The van der Waals surface area contributed by atoms with Gasteiger partial charge in [0.15, 0.2) is 11.4 Å². The molecule has 26 heavy (non-hydrogen) atoms. The van der Waals surface area contributed by atoms with Crippen LogP contribution in [0.15, 0.2) is 59.3 Å². The number of Topliss-reactive ketones (excluding diaryl/α,β-unsaturated/α-hetero) is 1. The average Bonchev–Trinajstić information content (AvgIpc) is 3.28. The van der Waals surface area contributed by atoms with E-state index in [0.717, 1.165) is 26.5 Å². The minimum atomic E-state index is 0.101. The summed E-state index contributed by atoms with van der Waals surface area (Å²) in [7, 11) is 3.93. The third-order valence-corrected chi connectivity index (χ3v) is 5.15. The number of rotatable bonds is 5. The van der Waals surface area contributed by atoms with Crippen LogP contribution >= 0.6 is 11.3 Å². The third kappa shape index (κ3) is 3.23. The molecule has 0 unspecified atom stereocenters. The summed E-state index contributed by atoms with van der Waals surface area (Å²) >= 11 is 1.53. The number of carbonyl (C=O) groups is 1. The van der Waals surface area contributed by atoms with Crippen molar-refractivity contribution in [1.29, 1.82) is 0 Å². The van der Waals surface area contributed by atoms with Crippen LogP contribution in [0.2, 0.25) is 0 Å². The highest BCUT2D eigenvalue weighted by Crippen LogP contribution is 2.30. The number of aromatic nitrogens is 2. The molecule has 0 saturated heterocycles. The van der Waals surface area contributed by atoms with E-state index in [1.54, 1.807) is 18.5 Å². The second-order valence-electron chi connectivity index (χ2n) is 6.17. The fourth-order valence-electron chi connectivity index (χ4n) is 2.69. The van der Waals surface area contributed by atoms with Gasteiger partial charge in [-0.1, -0.05) is 12.1 Å². The number of hydrogen-bond donors (Lipinski definition) is 0. The van der Waals surface area contributed by atoms with E-state index in [-0.39, 0.29) is 5.78 Å². The quantitative estimate of drug-likeness (QED) is 0.491. The zero-order valence-corrected chi connectivity index (χ0v) is 15.3. The lowest BCUT2D eigenvalue weighted by Crippen LogP contribution is -2.10. The van der Waals surface area contributed by atoms with Crippen molar-refractivity contribution < 1.29 is 9.21 Å². The van der Waals surface area contributed by atoms with Gasteiger partial charge in [0.25, 0.3) is 0 Å². The number of anilines is 1. The number of nitrogens with zero attached hydrogens (tertiary/aromatic N) is 3. The topological polar surface area (TPSA) is 59.2 Å². The standard InChI is InChI=1S/C20H17N3O2S/c1-23(2)14-5-3-4-13(10-14)17(24)11-15-6-7-19(26-15)20-22-16-12-21-9-8-18(16)25-20/h3-10,12H,11H2,1-2H3. The molecule has 5 nitrogen and oxygen atoms in total. The Morgan fingerprint density at radius 1 is 1.19 bits per heavy atom. The Morgan fingerprint density at radius 2 is 2.08 bits per heavy atom. The SMILES string of the molecule is CN(C)c1cccc(C(=O)Cc2ccc(-c3nc4cnccc4o3)s2)c1. The molecular weight excluding hydrogens is 346 g/mol. The number of fused-ring (bicyclic) bond motifs is 1. The van der Waals surface area contributed by atoms with E-state index in [1.165, 1.54) is 11.3 Å². The lowest BCUT2D eigenvalue weighted by atomic mass is 10.1. The van der Waals surface area contributed by atoms with E-state index in [2.05, 4.69) is 9.97 Å². The molecule has 0 aliphatic carbocycles. The van der Waals surface area contributed by atoms with Crippen molar-refractivity contribution in [2.75, 3.05) is 19.0 Å². The van der Waals surface area contributed by atoms with Crippen molar-refractivity contribution in [3.63, 3.8) is 0 Å². The number of hydrogen-bond acceptors (Lipinski definition) is 6. The Bertz CT molecular complexity index is 1050. The highest BCUT2D eigenvalue weighted by molar-refractivity contribution is 7.15. The van der Waals surface area contributed by atoms with Gasteiger partial charge in [-0.05, 0) is 24.3 Å². The summed E-state index contributed by atoms with van der Waals surface area (Å²) in [5.41, 5.74) is 3.18. The molecule has 1 aromatic carbocycles. The van der Waals surface area contributed by atoms with Gasteiger partial charge in [0.2, 0.25) is 5.89 Å². The first kappa shape index (κ1) is 16.5. The van der Waals surface area contributed by atoms with Gasteiger partial charge in [-0.15, -0.1) is 11.3 Å². The zero-order valence-electron chi connectivity index (χ0n) is 14.5. The largest absolute Gasteiger partial charge is 0.435 e. The van der Waals surface area contributed by atoms with E-state index < -0.39 is 0 Å². The van der Waals surface area contributed by atoms with Crippen molar-refractivity contribution in [2.45, 2.75) is 6.42 Å². The van der Waals surface area contributed by atoms with Gasteiger partial charge in [0.05, 0.1) is 11.1 Å². The highest BCUT2D eigenvalue weighted by atomic mass is 32.1. The Hall–Kier alpha value is -2.99. The van der Waals surface area contributed by atoms with Crippen LogP contribution in [0.3, 0.4) is 0 Å². The number of pyridine rings is 1. The second kappa shape index (κ2) is 6.72. The summed E-state index contributed by atoms with van der Waals surface area (Å²) in [6, 6.07) is 13.4. The average molecular weight is 363 g/mol. The molecule has 4 rings (SSSR count). The predicted molar refractivity (Wildman–Crippen MR) is 104 cm³/mol. The molecule has 0 aliphatic rings. The molecule has 0 saturated carbocycles. The maximum atomic E-state index is 12.6. The molecule has 6 heteroatoms. The smallest absolute Gasteiger partial charge is 0.237 e. The first-order valence-electron chi connectivity index (χ1n) is 8.20. The monoisotopic (exact) mass is 363 g/mol. The van der Waals surface area contributed by atoms with Crippen LogP contribution in [0.25, 0.3) is 21.9 Å². The molecule has 0 atom stereocenters. The summed E-state index contributed by atoms with van der Waals surface area (Å²) in [6.45, 7) is 0. The number of oxazole rings is 1. The molecular formula is C20H17N3O2S. The molecule has 4 aromatic rings. The van der Waals surface area contributed by atoms with Gasteiger partial charge in [0, 0.05) is 48.9 Å². The fourth-order valence-corrected chi connectivity index (χ4v) is 3.62. The molecule has 3 aromatic heterocycles. The molecule has 0 aliphatic heterocycles. The highest BCUT2D eigenvalue weighted by Gasteiger charge is 2.14. The van der Waals surface area contributed by atoms with E-state index >= 15 is 0 Å². The van der Waals surface area contributed by atoms with Crippen LogP contribution in [0, 0.1) is 0 Å². The second-order valence-corrected chi connectivity index (χ2v) is 7.34.